The second kappa shape index (κ2) is 4.09. The Balaban J connectivity index is 1.82. The standard InChI is InChI=1S/C14H12O3/c15-13-9-11(17-14-6-3-7-16-14)8-10-4-1-2-5-12(10)13/h1-7,11H,8-9H2. The van der Waals surface area contributed by atoms with Crippen LogP contribution in [0.15, 0.2) is 47.1 Å². The van der Waals surface area contributed by atoms with Gasteiger partial charge in [-0.3, -0.25) is 4.79 Å². The maximum absolute atomic E-state index is 11.9. The molecule has 0 fully saturated rings. The molecular formula is C14H12O3. The van der Waals surface area contributed by atoms with E-state index >= 15 is 0 Å². The Kier molecular flexibility index (Phi) is 2.44. The minimum absolute atomic E-state index is 0.122. The van der Waals surface area contributed by atoms with Crippen LogP contribution in [-0.4, -0.2) is 11.9 Å². The van der Waals surface area contributed by atoms with E-state index in [0.717, 1.165) is 17.5 Å². The molecule has 0 saturated heterocycles. The molecular weight excluding hydrogens is 216 g/mol. The van der Waals surface area contributed by atoms with Gasteiger partial charge in [0.25, 0.3) is 5.95 Å². The summed E-state index contributed by atoms with van der Waals surface area (Å²) in [5, 5.41) is 0. The summed E-state index contributed by atoms with van der Waals surface area (Å²) in [4.78, 5) is 11.9. The number of carbonyl (C=O) groups is 1. The number of carbonyl (C=O) groups excluding carboxylic acids is 1. The molecule has 0 aliphatic heterocycles. The molecule has 0 N–H and O–H groups in total. The highest BCUT2D eigenvalue weighted by Gasteiger charge is 2.26. The molecule has 17 heavy (non-hydrogen) atoms. The van der Waals surface area contributed by atoms with Crippen LogP contribution in [-0.2, 0) is 6.42 Å². The fourth-order valence-electron chi connectivity index (χ4n) is 2.18. The van der Waals surface area contributed by atoms with Crippen molar-refractivity contribution in [2.45, 2.75) is 18.9 Å². The molecule has 1 aromatic heterocycles. The van der Waals surface area contributed by atoms with Crippen molar-refractivity contribution in [3.63, 3.8) is 0 Å². The zero-order valence-electron chi connectivity index (χ0n) is 9.26. The van der Waals surface area contributed by atoms with Crippen molar-refractivity contribution in [3.8, 4) is 5.95 Å². The topological polar surface area (TPSA) is 39.4 Å². The predicted octanol–water partition coefficient (Wildman–Crippen LogP) is 2.86. The highest BCUT2D eigenvalue weighted by molar-refractivity contribution is 5.98. The van der Waals surface area contributed by atoms with Gasteiger partial charge >= 0.3 is 0 Å². The molecule has 3 nitrogen and oxygen atoms in total. The monoisotopic (exact) mass is 228 g/mol. The molecule has 86 valence electrons. The molecule has 2 aromatic rings. The van der Waals surface area contributed by atoms with Gasteiger partial charge in [0.15, 0.2) is 5.78 Å². The minimum Gasteiger partial charge on any atom is -0.461 e. The van der Waals surface area contributed by atoms with E-state index in [4.69, 9.17) is 9.15 Å². The van der Waals surface area contributed by atoms with Gasteiger partial charge in [0.2, 0.25) is 0 Å². The first-order valence-corrected chi connectivity index (χ1v) is 5.64. The van der Waals surface area contributed by atoms with Gasteiger partial charge < -0.3 is 9.15 Å². The van der Waals surface area contributed by atoms with Crippen LogP contribution in [0.5, 0.6) is 5.95 Å². The average Bonchev–Trinajstić information content (AvgIpc) is 2.82. The number of ketones is 1. The van der Waals surface area contributed by atoms with Crippen LogP contribution in [0.25, 0.3) is 0 Å². The third-order valence-electron chi connectivity index (χ3n) is 2.96. The van der Waals surface area contributed by atoms with Crippen LogP contribution < -0.4 is 4.74 Å². The lowest BCUT2D eigenvalue weighted by atomic mass is 9.89. The molecule has 3 rings (SSSR count). The van der Waals surface area contributed by atoms with Gasteiger partial charge in [-0.2, -0.15) is 0 Å². The summed E-state index contributed by atoms with van der Waals surface area (Å²) in [7, 11) is 0. The number of hydrogen-bond acceptors (Lipinski definition) is 3. The average molecular weight is 228 g/mol. The number of fused-ring (bicyclic) bond motifs is 1. The lowest BCUT2D eigenvalue weighted by Crippen LogP contribution is -2.29. The highest BCUT2D eigenvalue weighted by atomic mass is 16.6. The zero-order chi connectivity index (χ0) is 11.7. The molecule has 3 heteroatoms. The Morgan fingerprint density at radius 3 is 2.82 bits per heavy atom. The van der Waals surface area contributed by atoms with Crippen molar-refractivity contribution >= 4 is 5.78 Å². The molecule has 1 aliphatic carbocycles. The van der Waals surface area contributed by atoms with Crippen LogP contribution in [0, 0.1) is 0 Å². The Morgan fingerprint density at radius 1 is 1.12 bits per heavy atom. The van der Waals surface area contributed by atoms with Crippen molar-refractivity contribution < 1.29 is 13.9 Å². The number of furan rings is 1. The molecule has 1 aliphatic rings. The summed E-state index contributed by atoms with van der Waals surface area (Å²) >= 11 is 0. The maximum atomic E-state index is 11.9. The van der Waals surface area contributed by atoms with Gasteiger partial charge in [-0.05, 0) is 11.6 Å². The second-order valence-corrected chi connectivity index (χ2v) is 4.16. The van der Waals surface area contributed by atoms with Crippen LogP contribution in [0.4, 0.5) is 0 Å². The highest BCUT2D eigenvalue weighted by Crippen LogP contribution is 2.24. The van der Waals surface area contributed by atoms with Gasteiger partial charge in [-0.1, -0.05) is 24.3 Å². The first-order chi connectivity index (χ1) is 8.33. The van der Waals surface area contributed by atoms with Crippen molar-refractivity contribution in [2.75, 3.05) is 0 Å². The predicted molar refractivity (Wildman–Crippen MR) is 62.2 cm³/mol. The van der Waals surface area contributed by atoms with Gasteiger partial charge in [0.05, 0.1) is 6.26 Å². The SMILES string of the molecule is O=C1CC(Oc2ccco2)Cc2ccccc21. The second-order valence-electron chi connectivity index (χ2n) is 4.16. The smallest absolute Gasteiger partial charge is 0.284 e. The summed E-state index contributed by atoms with van der Waals surface area (Å²) in [5.41, 5.74) is 1.88. The zero-order valence-corrected chi connectivity index (χ0v) is 9.26. The molecule has 0 spiro atoms. The summed E-state index contributed by atoms with van der Waals surface area (Å²) in [6, 6.07) is 11.2. The normalized spacial score (nSPS) is 18.8. The van der Waals surface area contributed by atoms with Crippen LogP contribution in [0.1, 0.15) is 22.3 Å². The number of rotatable bonds is 2. The van der Waals surface area contributed by atoms with E-state index in [1.165, 1.54) is 0 Å². The fourth-order valence-corrected chi connectivity index (χ4v) is 2.18. The van der Waals surface area contributed by atoms with Crippen LogP contribution in [0.3, 0.4) is 0 Å². The van der Waals surface area contributed by atoms with Crippen molar-refractivity contribution in [3.05, 3.63) is 53.8 Å². The first-order valence-electron chi connectivity index (χ1n) is 5.64. The Hall–Kier alpha value is -2.03. The molecule has 0 bridgehead atoms. The molecule has 1 aromatic carbocycles. The third kappa shape index (κ3) is 1.96. The van der Waals surface area contributed by atoms with E-state index in [9.17, 15) is 4.79 Å². The minimum atomic E-state index is -0.122. The summed E-state index contributed by atoms with van der Waals surface area (Å²) < 4.78 is 10.8. The largest absolute Gasteiger partial charge is 0.461 e. The van der Waals surface area contributed by atoms with Gasteiger partial charge in [-0.25, -0.2) is 0 Å². The van der Waals surface area contributed by atoms with Crippen LogP contribution >= 0.6 is 0 Å². The molecule has 1 heterocycles. The summed E-state index contributed by atoms with van der Waals surface area (Å²) in [6.45, 7) is 0. The quantitative estimate of drug-likeness (QED) is 0.793. The van der Waals surface area contributed by atoms with E-state index < -0.39 is 0 Å². The fraction of sp³-hybridized carbons (Fsp3) is 0.214. The van der Waals surface area contributed by atoms with Gasteiger partial charge in [-0.15, -0.1) is 0 Å². The number of hydrogen-bond donors (Lipinski definition) is 0. The Labute approximate surface area is 99.0 Å². The maximum Gasteiger partial charge on any atom is 0.284 e. The van der Waals surface area contributed by atoms with Crippen molar-refractivity contribution in [2.24, 2.45) is 0 Å². The van der Waals surface area contributed by atoms with E-state index in [2.05, 4.69) is 0 Å². The number of ether oxygens (including phenoxy) is 1. The van der Waals surface area contributed by atoms with Crippen molar-refractivity contribution in [1.29, 1.82) is 0 Å². The molecule has 1 atom stereocenters. The molecule has 0 amide bonds. The summed E-state index contributed by atoms with van der Waals surface area (Å²) in [5.74, 6) is 0.616. The lowest BCUT2D eigenvalue weighted by Gasteiger charge is -2.23. The van der Waals surface area contributed by atoms with E-state index in [1.807, 2.05) is 24.3 Å². The molecule has 1 unspecified atom stereocenters. The number of Topliss-reactive ketones (excluding diaryl/α,β-unsaturated/α-hetero) is 1. The Morgan fingerprint density at radius 2 is 2.00 bits per heavy atom. The van der Waals surface area contributed by atoms with E-state index in [-0.39, 0.29) is 11.9 Å². The first kappa shape index (κ1) is 10.1. The van der Waals surface area contributed by atoms with E-state index in [0.29, 0.717) is 12.4 Å². The number of benzene rings is 1. The third-order valence-corrected chi connectivity index (χ3v) is 2.96. The molecule has 0 radical (unpaired) electrons. The van der Waals surface area contributed by atoms with E-state index in [1.54, 1.807) is 18.4 Å². The summed E-state index contributed by atoms with van der Waals surface area (Å²) in [6.07, 6.45) is 2.61. The Bertz CT molecular complexity index is 528. The van der Waals surface area contributed by atoms with Gasteiger partial charge in [0, 0.05) is 24.5 Å². The van der Waals surface area contributed by atoms with Crippen molar-refractivity contribution in [1.82, 2.24) is 0 Å². The van der Waals surface area contributed by atoms with Gasteiger partial charge in [0.1, 0.15) is 6.10 Å². The lowest BCUT2D eigenvalue weighted by molar-refractivity contribution is 0.0847. The molecule has 0 saturated carbocycles. The van der Waals surface area contributed by atoms with Crippen LogP contribution in [0.2, 0.25) is 0 Å².